The molecule has 0 radical (unpaired) electrons. The zero-order chi connectivity index (χ0) is 19.8. The number of pyridine rings is 1. The maximum Gasteiger partial charge on any atom is 0.433 e. The highest BCUT2D eigenvalue weighted by molar-refractivity contribution is 6.01. The van der Waals surface area contributed by atoms with E-state index in [4.69, 9.17) is 0 Å². The lowest BCUT2D eigenvalue weighted by atomic mass is 10.1. The summed E-state index contributed by atoms with van der Waals surface area (Å²) >= 11 is 0. The molecule has 0 bridgehead atoms. The first kappa shape index (κ1) is 18.9. The van der Waals surface area contributed by atoms with Crippen LogP contribution in [0, 0.1) is 19.8 Å². The van der Waals surface area contributed by atoms with E-state index in [9.17, 15) is 18.0 Å². The molecule has 0 saturated heterocycles. The molecule has 3 rings (SSSR count). The summed E-state index contributed by atoms with van der Waals surface area (Å²) in [5.74, 6) is -0.545. The smallest absolute Gasteiger partial charge is 0.352 e. The first-order valence-corrected chi connectivity index (χ1v) is 8.49. The Kier molecular flexibility index (Phi) is 4.95. The van der Waals surface area contributed by atoms with Crippen molar-refractivity contribution in [2.45, 2.75) is 33.5 Å². The van der Waals surface area contributed by atoms with Crippen molar-refractivity contribution in [3.8, 4) is 0 Å². The molecule has 0 aliphatic carbocycles. The van der Waals surface area contributed by atoms with Gasteiger partial charge in [0.1, 0.15) is 5.69 Å². The number of carbonyl (C=O) groups is 1. The van der Waals surface area contributed by atoms with Crippen molar-refractivity contribution in [2.24, 2.45) is 5.92 Å². The molecule has 0 fully saturated rings. The van der Waals surface area contributed by atoms with Crippen LogP contribution in [0.25, 0.3) is 5.52 Å². The Morgan fingerprint density at radius 1 is 1.33 bits per heavy atom. The van der Waals surface area contributed by atoms with Gasteiger partial charge in [0, 0.05) is 19.3 Å². The van der Waals surface area contributed by atoms with Gasteiger partial charge in [0.15, 0.2) is 0 Å². The van der Waals surface area contributed by atoms with Gasteiger partial charge in [-0.1, -0.05) is 13.0 Å². The average molecular weight is 379 g/mol. The van der Waals surface area contributed by atoms with Gasteiger partial charge < -0.3 is 5.32 Å². The molecule has 0 saturated carbocycles. The Morgan fingerprint density at radius 2 is 2.07 bits per heavy atom. The van der Waals surface area contributed by atoms with Gasteiger partial charge >= 0.3 is 6.18 Å². The number of aryl methyl sites for hydroxylation is 2. The molecular weight excluding hydrogens is 359 g/mol. The fraction of sp³-hybridized carbons (Fsp3) is 0.389. The molecule has 0 aliphatic heterocycles. The van der Waals surface area contributed by atoms with Crippen LogP contribution in [-0.2, 0) is 12.7 Å². The number of rotatable bonds is 5. The third-order valence-electron chi connectivity index (χ3n) is 4.28. The number of alkyl halides is 3. The summed E-state index contributed by atoms with van der Waals surface area (Å²) in [6.07, 6.45) is -1.22. The lowest BCUT2D eigenvalue weighted by molar-refractivity contribution is -0.144. The predicted molar refractivity (Wildman–Crippen MR) is 93.4 cm³/mol. The molecule has 1 unspecified atom stereocenters. The number of hydrogen-bond acceptors (Lipinski definition) is 3. The quantitative estimate of drug-likeness (QED) is 0.740. The number of amides is 1. The normalized spacial score (nSPS) is 13.1. The molecule has 3 heterocycles. The fourth-order valence-electron chi connectivity index (χ4n) is 3.02. The highest BCUT2D eigenvalue weighted by Gasteiger charge is 2.35. The lowest BCUT2D eigenvalue weighted by Crippen LogP contribution is -2.31. The first-order chi connectivity index (χ1) is 12.7. The van der Waals surface area contributed by atoms with Gasteiger partial charge in [-0.25, -0.2) is 4.52 Å². The molecule has 3 aromatic rings. The molecule has 1 N–H and O–H groups in total. The van der Waals surface area contributed by atoms with Crippen LogP contribution in [0.4, 0.5) is 13.2 Å². The summed E-state index contributed by atoms with van der Waals surface area (Å²) in [5.41, 5.74) is 1.59. The topological polar surface area (TPSA) is 64.2 Å². The Morgan fingerprint density at radius 3 is 2.78 bits per heavy atom. The number of fused-ring (bicyclic) bond motifs is 1. The number of nitrogens with zero attached hydrogens (tertiary/aromatic N) is 4. The van der Waals surface area contributed by atoms with E-state index in [1.807, 2.05) is 19.1 Å². The second-order valence-electron chi connectivity index (χ2n) is 6.71. The molecule has 0 aliphatic rings. The minimum atomic E-state index is -4.46. The molecule has 144 valence electrons. The van der Waals surface area contributed by atoms with Gasteiger partial charge in [-0.05, 0) is 37.5 Å². The summed E-state index contributed by atoms with van der Waals surface area (Å²) < 4.78 is 41.7. The summed E-state index contributed by atoms with van der Waals surface area (Å²) in [5, 5.41) is 10.8. The van der Waals surface area contributed by atoms with E-state index in [2.05, 4.69) is 15.5 Å². The molecule has 1 amide bonds. The number of carbonyl (C=O) groups excluding carboxylic acids is 1. The number of aromatic nitrogens is 4. The van der Waals surface area contributed by atoms with Crippen LogP contribution in [0.5, 0.6) is 0 Å². The van der Waals surface area contributed by atoms with Crippen LogP contribution in [-0.4, -0.2) is 31.8 Å². The van der Waals surface area contributed by atoms with Crippen LogP contribution >= 0.6 is 0 Å². The predicted octanol–water partition coefficient (Wildman–Crippen LogP) is 3.23. The van der Waals surface area contributed by atoms with Gasteiger partial charge in [-0.2, -0.15) is 23.4 Å². The van der Waals surface area contributed by atoms with E-state index in [1.54, 1.807) is 17.6 Å². The third kappa shape index (κ3) is 3.96. The van der Waals surface area contributed by atoms with Crippen LogP contribution in [0.15, 0.2) is 30.6 Å². The van der Waals surface area contributed by atoms with Crippen molar-refractivity contribution in [3.63, 3.8) is 0 Å². The minimum absolute atomic E-state index is 0.0523. The number of halogens is 3. The molecule has 1 atom stereocenters. The van der Waals surface area contributed by atoms with Gasteiger partial charge in [-0.3, -0.25) is 9.48 Å². The minimum Gasteiger partial charge on any atom is -0.352 e. The van der Waals surface area contributed by atoms with E-state index in [1.165, 1.54) is 13.1 Å². The number of hydrogen-bond donors (Lipinski definition) is 1. The summed E-state index contributed by atoms with van der Waals surface area (Å²) in [6, 6.07) is 4.74. The molecule has 3 aromatic heterocycles. The van der Waals surface area contributed by atoms with Gasteiger partial charge in [-0.15, -0.1) is 0 Å². The average Bonchev–Trinajstić information content (AvgIpc) is 3.17. The Bertz CT molecular complexity index is 973. The van der Waals surface area contributed by atoms with Gasteiger partial charge in [0.05, 0.1) is 23.0 Å². The zero-order valence-corrected chi connectivity index (χ0v) is 15.2. The Hall–Kier alpha value is -2.84. The maximum absolute atomic E-state index is 13.1. The van der Waals surface area contributed by atoms with E-state index in [-0.39, 0.29) is 24.9 Å². The lowest BCUT2D eigenvalue weighted by Gasteiger charge is -2.16. The molecule has 0 aromatic carbocycles. The second kappa shape index (κ2) is 7.05. The first-order valence-electron chi connectivity index (χ1n) is 8.49. The van der Waals surface area contributed by atoms with E-state index in [0.717, 1.165) is 16.3 Å². The zero-order valence-electron chi connectivity index (χ0n) is 15.2. The van der Waals surface area contributed by atoms with Gasteiger partial charge in [0.2, 0.25) is 0 Å². The monoisotopic (exact) mass is 379 g/mol. The van der Waals surface area contributed by atoms with Crippen molar-refractivity contribution in [1.29, 1.82) is 0 Å². The van der Waals surface area contributed by atoms with Crippen molar-refractivity contribution in [2.75, 3.05) is 6.54 Å². The molecular formula is C18H20F3N5O. The maximum atomic E-state index is 13.1. The highest BCUT2D eigenvalue weighted by Crippen LogP contribution is 2.30. The second-order valence-corrected chi connectivity index (χ2v) is 6.71. The van der Waals surface area contributed by atoms with E-state index >= 15 is 0 Å². The van der Waals surface area contributed by atoms with Crippen LogP contribution < -0.4 is 5.32 Å². The highest BCUT2D eigenvalue weighted by atomic mass is 19.4. The summed E-state index contributed by atoms with van der Waals surface area (Å²) in [4.78, 5) is 12.5. The Balaban J connectivity index is 1.67. The van der Waals surface area contributed by atoms with Gasteiger partial charge in [0.25, 0.3) is 5.91 Å². The standard InChI is InChI=1S/C18H20F3N5O/c1-11(10-26-15(18(19,20)21)7-13(3)24-26)8-22-17(27)14-9-23-25-6-4-5-12(2)16(14)25/h4-7,9,11H,8,10H2,1-3H3,(H,22,27). The van der Waals surface area contributed by atoms with Crippen molar-refractivity contribution in [1.82, 2.24) is 24.7 Å². The van der Waals surface area contributed by atoms with E-state index in [0.29, 0.717) is 16.8 Å². The van der Waals surface area contributed by atoms with Crippen LogP contribution in [0.3, 0.4) is 0 Å². The van der Waals surface area contributed by atoms with Crippen LogP contribution in [0.2, 0.25) is 0 Å². The number of nitrogens with one attached hydrogen (secondary N) is 1. The van der Waals surface area contributed by atoms with E-state index < -0.39 is 11.9 Å². The largest absolute Gasteiger partial charge is 0.433 e. The van der Waals surface area contributed by atoms with Crippen molar-refractivity contribution >= 4 is 11.4 Å². The molecule has 27 heavy (non-hydrogen) atoms. The van der Waals surface area contributed by atoms with Crippen LogP contribution in [0.1, 0.15) is 34.2 Å². The summed E-state index contributed by atoms with van der Waals surface area (Å²) in [6.45, 7) is 5.44. The molecule has 0 spiro atoms. The van der Waals surface area contributed by atoms with Crippen molar-refractivity contribution in [3.05, 3.63) is 53.1 Å². The molecule has 9 heteroatoms. The van der Waals surface area contributed by atoms with Crippen molar-refractivity contribution < 1.29 is 18.0 Å². The fourth-order valence-corrected chi connectivity index (χ4v) is 3.02. The summed E-state index contributed by atoms with van der Waals surface area (Å²) in [7, 11) is 0. The SMILES string of the molecule is Cc1cc(C(F)(F)F)n(CC(C)CNC(=O)c2cnn3cccc(C)c23)n1. The molecule has 6 nitrogen and oxygen atoms in total. The third-order valence-corrected chi connectivity index (χ3v) is 4.28. The Labute approximate surface area is 154 Å².